The van der Waals surface area contributed by atoms with Crippen LogP contribution in [0.4, 0.5) is 0 Å². The summed E-state index contributed by atoms with van der Waals surface area (Å²) < 4.78 is 10.2. The summed E-state index contributed by atoms with van der Waals surface area (Å²) in [4.78, 5) is 26.7. The maximum absolute atomic E-state index is 12.7. The molecular formula is C21H21NO6. The molecule has 0 saturated carbocycles. The van der Waals surface area contributed by atoms with E-state index in [1.807, 2.05) is 0 Å². The molecule has 0 bridgehead atoms. The summed E-state index contributed by atoms with van der Waals surface area (Å²) in [7, 11) is 3.03. The number of hydrogen-bond acceptors (Lipinski definition) is 6. The normalized spacial score (nSPS) is 18.5. The number of aromatic hydroxyl groups is 1. The van der Waals surface area contributed by atoms with Crippen molar-refractivity contribution in [2.75, 3.05) is 27.4 Å². The van der Waals surface area contributed by atoms with Gasteiger partial charge in [-0.25, -0.2) is 0 Å². The number of rotatable bonds is 6. The fraction of sp³-hybridized carbons (Fsp3) is 0.238. The first kappa shape index (κ1) is 19.4. The molecule has 1 aliphatic rings. The van der Waals surface area contributed by atoms with Gasteiger partial charge < -0.3 is 24.6 Å². The van der Waals surface area contributed by atoms with E-state index in [2.05, 4.69) is 0 Å². The van der Waals surface area contributed by atoms with Gasteiger partial charge >= 0.3 is 0 Å². The number of phenolic OH excluding ortho intramolecular Hbond substituents is 1. The number of carbonyl (C=O) groups is 2. The molecular weight excluding hydrogens is 362 g/mol. The highest BCUT2D eigenvalue weighted by molar-refractivity contribution is 6.46. The van der Waals surface area contributed by atoms with Crippen LogP contribution < -0.4 is 4.74 Å². The Morgan fingerprint density at radius 3 is 2.25 bits per heavy atom. The van der Waals surface area contributed by atoms with Crippen LogP contribution in [0.2, 0.25) is 0 Å². The maximum atomic E-state index is 12.7. The number of carbonyl (C=O) groups excluding carboxylic acids is 2. The topological polar surface area (TPSA) is 96.3 Å². The van der Waals surface area contributed by atoms with Gasteiger partial charge in [0.2, 0.25) is 0 Å². The highest BCUT2D eigenvalue weighted by Gasteiger charge is 2.45. The number of likely N-dealkylation sites (tertiary alicyclic amines) is 1. The maximum Gasteiger partial charge on any atom is 0.295 e. The van der Waals surface area contributed by atoms with Crippen LogP contribution in [0.15, 0.2) is 54.1 Å². The quantitative estimate of drug-likeness (QED) is 0.452. The van der Waals surface area contributed by atoms with E-state index in [0.717, 1.165) is 0 Å². The Balaban J connectivity index is 2.12. The lowest BCUT2D eigenvalue weighted by Gasteiger charge is -2.25. The summed E-state index contributed by atoms with van der Waals surface area (Å²) >= 11 is 0. The molecule has 2 aromatic carbocycles. The molecule has 0 aliphatic carbocycles. The second-order valence-electron chi connectivity index (χ2n) is 6.31. The van der Waals surface area contributed by atoms with Gasteiger partial charge in [-0.3, -0.25) is 9.59 Å². The summed E-state index contributed by atoms with van der Waals surface area (Å²) in [6, 6.07) is 11.9. The number of phenols is 1. The summed E-state index contributed by atoms with van der Waals surface area (Å²) in [5.41, 5.74) is 0.995. The van der Waals surface area contributed by atoms with E-state index in [4.69, 9.17) is 9.47 Å². The average molecular weight is 383 g/mol. The van der Waals surface area contributed by atoms with E-state index >= 15 is 0 Å². The zero-order valence-corrected chi connectivity index (χ0v) is 15.6. The summed E-state index contributed by atoms with van der Waals surface area (Å²) in [6.45, 7) is 0.427. The van der Waals surface area contributed by atoms with Crippen molar-refractivity contribution in [2.24, 2.45) is 0 Å². The lowest BCUT2D eigenvalue weighted by molar-refractivity contribution is -0.140. The first-order valence-corrected chi connectivity index (χ1v) is 8.68. The third kappa shape index (κ3) is 3.57. The van der Waals surface area contributed by atoms with Crippen LogP contribution in [0.3, 0.4) is 0 Å². The van der Waals surface area contributed by atoms with Crippen molar-refractivity contribution in [1.82, 2.24) is 4.90 Å². The predicted molar refractivity (Wildman–Crippen MR) is 102 cm³/mol. The van der Waals surface area contributed by atoms with Gasteiger partial charge in [0, 0.05) is 19.2 Å². The fourth-order valence-corrected chi connectivity index (χ4v) is 3.21. The molecule has 1 saturated heterocycles. The van der Waals surface area contributed by atoms with Crippen LogP contribution >= 0.6 is 0 Å². The molecule has 28 heavy (non-hydrogen) atoms. The molecule has 7 nitrogen and oxygen atoms in total. The van der Waals surface area contributed by atoms with E-state index in [0.29, 0.717) is 16.9 Å². The van der Waals surface area contributed by atoms with Gasteiger partial charge in [-0.1, -0.05) is 12.1 Å². The van der Waals surface area contributed by atoms with Gasteiger partial charge in [-0.2, -0.15) is 0 Å². The minimum atomic E-state index is -0.780. The zero-order chi connectivity index (χ0) is 20.3. The Morgan fingerprint density at radius 2 is 1.68 bits per heavy atom. The number of hydrogen-bond donors (Lipinski definition) is 2. The first-order valence-electron chi connectivity index (χ1n) is 8.68. The smallest absolute Gasteiger partial charge is 0.295 e. The molecule has 0 unspecified atom stereocenters. The van der Waals surface area contributed by atoms with Crippen molar-refractivity contribution in [3.05, 3.63) is 65.2 Å². The molecule has 7 heteroatoms. The Labute approximate surface area is 162 Å². The molecule has 2 N–H and O–H groups in total. The van der Waals surface area contributed by atoms with Gasteiger partial charge in [0.25, 0.3) is 11.7 Å². The number of amides is 1. The Hall–Kier alpha value is -3.32. The number of ketones is 1. The number of Topliss-reactive ketones (excluding diaryl/α,β-unsaturated/α-hetero) is 1. The molecule has 1 aliphatic heterocycles. The zero-order valence-electron chi connectivity index (χ0n) is 15.6. The summed E-state index contributed by atoms with van der Waals surface area (Å²) in [6.07, 6.45) is 0. The molecule has 3 rings (SSSR count). The van der Waals surface area contributed by atoms with E-state index in [1.54, 1.807) is 36.4 Å². The van der Waals surface area contributed by atoms with E-state index in [9.17, 15) is 19.8 Å². The fourth-order valence-electron chi connectivity index (χ4n) is 3.21. The van der Waals surface area contributed by atoms with Gasteiger partial charge in [-0.15, -0.1) is 0 Å². The minimum absolute atomic E-state index is 0.00282. The third-order valence-corrected chi connectivity index (χ3v) is 4.65. The second kappa shape index (κ2) is 8.14. The van der Waals surface area contributed by atoms with E-state index < -0.39 is 17.7 Å². The van der Waals surface area contributed by atoms with E-state index in [-0.39, 0.29) is 30.2 Å². The van der Waals surface area contributed by atoms with E-state index in [1.165, 1.54) is 31.3 Å². The van der Waals surface area contributed by atoms with Gasteiger partial charge in [0.05, 0.1) is 25.3 Å². The van der Waals surface area contributed by atoms with Crippen molar-refractivity contribution >= 4 is 17.4 Å². The van der Waals surface area contributed by atoms with Crippen LogP contribution in [0.1, 0.15) is 17.2 Å². The van der Waals surface area contributed by atoms with Gasteiger partial charge in [-0.05, 0) is 42.0 Å². The molecule has 0 aromatic heterocycles. The largest absolute Gasteiger partial charge is 0.508 e. The van der Waals surface area contributed by atoms with Crippen LogP contribution in [0, 0.1) is 0 Å². The minimum Gasteiger partial charge on any atom is -0.508 e. The van der Waals surface area contributed by atoms with Crippen molar-refractivity contribution < 1.29 is 29.3 Å². The molecule has 1 amide bonds. The average Bonchev–Trinajstić information content (AvgIpc) is 2.97. The number of aliphatic hydroxyl groups is 1. The molecule has 1 fully saturated rings. The number of nitrogens with zero attached hydrogens (tertiary/aromatic N) is 1. The van der Waals surface area contributed by atoms with Gasteiger partial charge in [0.1, 0.15) is 17.3 Å². The standard InChI is InChI=1S/C21H21NO6/c1-27-12-11-22-18(13-3-7-15(23)8-4-13)17(20(25)21(22)26)19(24)14-5-9-16(28-2)10-6-14/h3-10,18,23-24H,11-12H2,1-2H3/t18-/m1/s1. The second-order valence-corrected chi connectivity index (χ2v) is 6.31. The lowest BCUT2D eigenvalue weighted by atomic mass is 9.95. The third-order valence-electron chi connectivity index (χ3n) is 4.65. The van der Waals surface area contributed by atoms with Crippen molar-refractivity contribution in [1.29, 1.82) is 0 Å². The molecule has 0 spiro atoms. The first-order chi connectivity index (χ1) is 13.5. The number of methoxy groups -OCH3 is 2. The van der Waals surface area contributed by atoms with Crippen LogP contribution in [-0.4, -0.2) is 54.2 Å². The molecule has 146 valence electrons. The van der Waals surface area contributed by atoms with Crippen LogP contribution in [-0.2, 0) is 14.3 Å². The highest BCUT2D eigenvalue weighted by atomic mass is 16.5. The number of aliphatic hydroxyl groups excluding tert-OH is 1. The number of benzene rings is 2. The Morgan fingerprint density at radius 1 is 1.04 bits per heavy atom. The Kier molecular flexibility index (Phi) is 5.65. The number of ether oxygens (including phenoxy) is 2. The van der Waals surface area contributed by atoms with Crippen molar-refractivity contribution in [2.45, 2.75) is 6.04 Å². The van der Waals surface area contributed by atoms with Crippen molar-refractivity contribution in [3.63, 3.8) is 0 Å². The monoisotopic (exact) mass is 383 g/mol. The molecule has 2 aromatic rings. The summed E-state index contributed by atoms with van der Waals surface area (Å²) in [5, 5.41) is 20.4. The molecule has 1 atom stereocenters. The van der Waals surface area contributed by atoms with Crippen molar-refractivity contribution in [3.8, 4) is 11.5 Å². The highest BCUT2D eigenvalue weighted by Crippen LogP contribution is 2.39. The molecule has 0 radical (unpaired) electrons. The Bertz CT molecular complexity index is 901. The lowest BCUT2D eigenvalue weighted by Crippen LogP contribution is -2.32. The molecule has 1 heterocycles. The predicted octanol–water partition coefficient (Wildman–Crippen LogP) is 2.47. The summed E-state index contributed by atoms with van der Waals surface area (Å²) in [5.74, 6) is -1.06. The SMILES string of the molecule is COCCN1C(=O)C(=O)C(=C(O)c2ccc(OC)cc2)[C@H]1c1ccc(O)cc1. The van der Waals surface area contributed by atoms with Crippen LogP contribution in [0.25, 0.3) is 5.76 Å². The van der Waals surface area contributed by atoms with Crippen LogP contribution in [0.5, 0.6) is 11.5 Å². The van der Waals surface area contributed by atoms with Gasteiger partial charge in [0.15, 0.2) is 0 Å².